The lowest BCUT2D eigenvalue weighted by Crippen LogP contribution is -2.50. The Labute approximate surface area is 171 Å². The molecule has 152 valence electrons. The Hall–Kier alpha value is -2.79. The van der Waals surface area contributed by atoms with Gasteiger partial charge in [0.2, 0.25) is 5.76 Å². The van der Waals surface area contributed by atoms with Crippen LogP contribution in [0.2, 0.25) is 0 Å². The van der Waals surface area contributed by atoms with E-state index in [0.29, 0.717) is 23.6 Å². The van der Waals surface area contributed by atoms with Crippen LogP contribution >= 0.6 is 0 Å². The van der Waals surface area contributed by atoms with Crippen molar-refractivity contribution in [1.82, 2.24) is 10.2 Å². The average Bonchev–Trinajstić information content (AvgIpc) is 3.37. The van der Waals surface area contributed by atoms with Crippen LogP contribution in [-0.4, -0.2) is 44.1 Å². The van der Waals surface area contributed by atoms with Gasteiger partial charge in [-0.2, -0.15) is 0 Å². The quantitative estimate of drug-likeness (QED) is 0.660. The lowest BCUT2D eigenvalue weighted by molar-refractivity contribution is 0.0876. The molecule has 1 aliphatic rings. The molecule has 1 aromatic heterocycles. The van der Waals surface area contributed by atoms with E-state index < -0.39 is 0 Å². The molecule has 4 rings (SSSR count). The smallest absolute Gasteiger partial charge is 0.287 e. The third-order valence-corrected chi connectivity index (χ3v) is 6.23. The number of likely N-dealkylation sites (N-methyl/N-ethyl adjacent to an activating group) is 1. The number of nitrogens with zero attached hydrogens (tertiary/aromatic N) is 1. The number of hydrogen-bond donors (Lipinski definition) is 1. The number of nitrogens with one attached hydrogen (secondary N) is 1. The number of benzene rings is 2. The van der Waals surface area contributed by atoms with Crippen molar-refractivity contribution >= 4 is 16.9 Å². The number of furan rings is 1. The van der Waals surface area contributed by atoms with Crippen LogP contribution in [0.15, 0.2) is 52.9 Å². The highest BCUT2D eigenvalue weighted by Gasteiger charge is 2.36. The molecule has 1 N–H and O–H groups in total. The molecule has 0 unspecified atom stereocenters. The highest BCUT2D eigenvalue weighted by Crippen LogP contribution is 2.37. The van der Waals surface area contributed by atoms with E-state index in [-0.39, 0.29) is 11.4 Å². The summed E-state index contributed by atoms with van der Waals surface area (Å²) in [5, 5.41) is 4.06. The Kier molecular flexibility index (Phi) is 5.33. The van der Waals surface area contributed by atoms with Gasteiger partial charge in [0.25, 0.3) is 5.91 Å². The Morgan fingerprint density at radius 1 is 1.14 bits per heavy atom. The van der Waals surface area contributed by atoms with Gasteiger partial charge in [-0.1, -0.05) is 43.2 Å². The molecule has 1 amide bonds. The van der Waals surface area contributed by atoms with Gasteiger partial charge in [0.05, 0.1) is 7.11 Å². The fraction of sp³-hybridized carbons (Fsp3) is 0.375. The Morgan fingerprint density at radius 2 is 1.86 bits per heavy atom. The summed E-state index contributed by atoms with van der Waals surface area (Å²) in [7, 11) is 5.82. The molecule has 2 aromatic carbocycles. The lowest BCUT2D eigenvalue weighted by atomic mass is 9.95. The number of ether oxygens (including phenoxy) is 1. The molecule has 5 nitrogen and oxygen atoms in total. The molecule has 3 aromatic rings. The van der Waals surface area contributed by atoms with E-state index in [4.69, 9.17) is 9.15 Å². The average molecular weight is 392 g/mol. The van der Waals surface area contributed by atoms with Crippen molar-refractivity contribution in [2.45, 2.75) is 31.2 Å². The molecule has 0 saturated heterocycles. The van der Waals surface area contributed by atoms with Crippen LogP contribution in [0, 0.1) is 0 Å². The number of carbonyl (C=O) groups is 1. The zero-order valence-corrected chi connectivity index (χ0v) is 17.3. The van der Waals surface area contributed by atoms with E-state index in [1.165, 1.54) is 12.8 Å². The molecule has 1 fully saturated rings. The van der Waals surface area contributed by atoms with E-state index in [0.717, 1.165) is 29.4 Å². The summed E-state index contributed by atoms with van der Waals surface area (Å²) in [6.45, 7) is 0.618. The molecule has 29 heavy (non-hydrogen) atoms. The minimum Gasteiger partial charge on any atom is -0.497 e. The highest BCUT2D eigenvalue weighted by atomic mass is 16.5. The number of hydrogen-bond acceptors (Lipinski definition) is 4. The van der Waals surface area contributed by atoms with Crippen LogP contribution in [0.25, 0.3) is 22.1 Å². The minimum atomic E-state index is -0.174. The second kappa shape index (κ2) is 7.91. The summed E-state index contributed by atoms with van der Waals surface area (Å²) in [6.07, 6.45) is 4.60. The highest BCUT2D eigenvalue weighted by molar-refractivity contribution is 6.08. The van der Waals surface area contributed by atoms with Crippen molar-refractivity contribution in [2.24, 2.45) is 0 Å². The predicted octanol–water partition coefficient (Wildman–Crippen LogP) is 4.71. The molecule has 1 saturated carbocycles. The third kappa shape index (κ3) is 3.62. The standard InChI is InChI=1S/C24H28N2O3/c1-26(2)24(13-7-8-14-24)16-25-23(27)22-21(17-9-5-4-6-10-17)19-12-11-18(28-3)15-20(19)29-22/h4-6,9-12,15H,7-8,13-14,16H2,1-3H3,(H,25,27). The van der Waals surface area contributed by atoms with Gasteiger partial charge in [0, 0.05) is 29.1 Å². The van der Waals surface area contributed by atoms with Gasteiger partial charge in [-0.25, -0.2) is 0 Å². The topological polar surface area (TPSA) is 54.7 Å². The number of rotatable bonds is 6. The van der Waals surface area contributed by atoms with Crippen molar-refractivity contribution in [1.29, 1.82) is 0 Å². The number of methoxy groups -OCH3 is 1. The SMILES string of the molecule is COc1ccc2c(-c3ccccc3)c(C(=O)NCC3(N(C)C)CCCC3)oc2c1. The Morgan fingerprint density at radius 3 is 2.52 bits per heavy atom. The van der Waals surface area contributed by atoms with E-state index >= 15 is 0 Å². The summed E-state index contributed by atoms with van der Waals surface area (Å²) in [4.78, 5) is 15.5. The van der Waals surface area contributed by atoms with Crippen molar-refractivity contribution in [2.75, 3.05) is 27.7 Å². The molecule has 1 heterocycles. The first-order valence-electron chi connectivity index (χ1n) is 10.2. The molecule has 0 atom stereocenters. The molecule has 0 aliphatic heterocycles. The normalized spacial score (nSPS) is 15.7. The van der Waals surface area contributed by atoms with E-state index in [9.17, 15) is 4.79 Å². The monoisotopic (exact) mass is 392 g/mol. The van der Waals surface area contributed by atoms with Crippen molar-refractivity contribution in [3.8, 4) is 16.9 Å². The summed E-state index contributed by atoms with van der Waals surface area (Å²) in [6, 6.07) is 15.6. The number of amides is 1. The van der Waals surface area contributed by atoms with Gasteiger partial charge in [0.15, 0.2) is 0 Å². The van der Waals surface area contributed by atoms with Crippen LogP contribution in [0.3, 0.4) is 0 Å². The maximum atomic E-state index is 13.2. The largest absolute Gasteiger partial charge is 0.497 e. The van der Waals surface area contributed by atoms with Gasteiger partial charge < -0.3 is 19.4 Å². The number of fused-ring (bicyclic) bond motifs is 1. The molecular formula is C24H28N2O3. The van der Waals surface area contributed by atoms with Crippen LogP contribution in [0.5, 0.6) is 5.75 Å². The summed E-state index contributed by atoms with van der Waals surface area (Å²) in [5.41, 5.74) is 2.46. The van der Waals surface area contributed by atoms with E-state index in [1.54, 1.807) is 7.11 Å². The fourth-order valence-electron chi connectivity index (χ4n) is 4.40. The molecular weight excluding hydrogens is 364 g/mol. The first-order chi connectivity index (χ1) is 14.0. The van der Waals surface area contributed by atoms with Crippen LogP contribution in [0.4, 0.5) is 0 Å². The van der Waals surface area contributed by atoms with Gasteiger partial charge in [0.1, 0.15) is 11.3 Å². The lowest BCUT2D eigenvalue weighted by Gasteiger charge is -2.36. The molecule has 1 aliphatic carbocycles. The molecule has 0 radical (unpaired) electrons. The summed E-state index contributed by atoms with van der Waals surface area (Å²) in [5.74, 6) is 0.883. The first kappa shape index (κ1) is 19.5. The third-order valence-electron chi connectivity index (χ3n) is 6.23. The Balaban J connectivity index is 1.71. The minimum absolute atomic E-state index is 0.0256. The second-order valence-corrected chi connectivity index (χ2v) is 8.04. The van der Waals surface area contributed by atoms with Crippen LogP contribution < -0.4 is 10.1 Å². The molecule has 0 bridgehead atoms. The maximum Gasteiger partial charge on any atom is 0.287 e. The van der Waals surface area contributed by atoms with Crippen molar-refractivity contribution < 1.29 is 13.9 Å². The number of carbonyl (C=O) groups excluding carboxylic acids is 1. The first-order valence-corrected chi connectivity index (χ1v) is 10.2. The van der Waals surface area contributed by atoms with Gasteiger partial charge in [-0.3, -0.25) is 4.79 Å². The van der Waals surface area contributed by atoms with Gasteiger partial charge >= 0.3 is 0 Å². The van der Waals surface area contributed by atoms with Crippen molar-refractivity contribution in [3.05, 3.63) is 54.3 Å². The van der Waals surface area contributed by atoms with E-state index in [2.05, 4.69) is 24.3 Å². The summed E-state index contributed by atoms with van der Waals surface area (Å²) < 4.78 is 11.4. The molecule has 0 spiro atoms. The van der Waals surface area contributed by atoms with Crippen LogP contribution in [-0.2, 0) is 0 Å². The van der Waals surface area contributed by atoms with Crippen LogP contribution in [0.1, 0.15) is 36.2 Å². The fourth-order valence-corrected chi connectivity index (χ4v) is 4.40. The molecule has 5 heteroatoms. The second-order valence-electron chi connectivity index (χ2n) is 8.04. The Bertz CT molecular complexity index is 1000. The van der Waals surface area contributed by atoms with Gasteiger partial charge in [-0.05, 0) is 44.6 Å². The summed E-state index contributed by atoms with van der Waals surface area (Å²) >= 11 is 0. The predicted molar refractivity (Wildman–Crippen MR) is 115 cm³/mol. The van der Waals surface area contributed by atoms with Crippen molar-refractivity contribution in [3.63, 3.8) is 0 Å². The van der Waals surface area contributed by atoms with E-state index in [1.807, 2.05) is 48.5 Å². The zero-order valence-electron chi connectivity index (χ0n) is 17.3. The van der Waals surface area contributed by atoms with Gasteiger partial charge in [-0.15, -0.1) is 0 Å². The maximum absolute atomic E-state index is 13.2. The zero-order chi connectivity index (χ0) is 20.4.